The van der Waals surface area contributed by atoms with E-state index in [0.717, 1.165) is 49.6 Å². The molecule has 1 aliphatic heterocycles. The predicted octanol–water partition coefficient (Wildman–Crippen LogP) is 5.52. The maximum atomic E-state index is 5.37. The van der Waals surface area contributed by atoms with Gasteiger partial charge in [0.25, 0.3) is 0 Å². The minimum Gasteiger partial charge on any atom is -0.497 e. The molecule has 4 rings (SSSR count). The molecule has 1 aromatic heterocycles. The lowest BCUT2D eigenvalue weighted by atomic mass is 10.1. The van der Waals surface area contributed by atoms with E-state index >= 15 is 0 Å². The average Bonchev–Trinajstić information content (AvgIpc) is 3.21. The number of nitrogens with one attached hydrogen (secondary N) is 1. The van der Waals surface area contributed by atoms with Crippen LogP contribution in [0.3, 0.4) is 0 Å². The van der Waals surface area contributed by atoms with E-state index in [4.69, 9.17) is 9.72 Å². The number of likely N-dealkylation sites (tertiary alicyclic amines) is 1. The molecule has 1 fully saturated rings. The lowest BCUT2D eigenvalue weighted by Gasteiger charge is -2.18. The van der Waals surface area contributed by atoms with Crippen molar-refractivity contribution in [3.05, 3.63) is 65.7 Å². The number of benzene rings is 2. The Bertz CT molecular complexity index is 911. The van der Waals surface area contributed by atoms with Gasteiger partial charge in [0, 0.05) is 31.1 Å². The predicted molar refractivity (Wildman–Crippen MR) is 123 cm³/mol. The fraction of sp³-hybridized carbons (Fsp3) is 0.400. The van der Waals surface area contributed by atoms with Gasteiger partial charge in [-0.15, -0.1) is 0 Å². The SMILES string of the molecule is CC.CCc1cc(NC2CCN(Cc3ccccc3)C2)nc2ccc(OC)cc12. The average molecular weight is 392 g/mol. The summed E-state index contributed by atoms with van der Waals surface area (Å²) in [5.41, 5.74) is 3.71. The molecule has 1 unspecified atom stereocenters. The van der Waals surface area contributed by atoms with E-state index in [0.29, 0.717) is 6.04 Å². The lowest BCUT2D eigenvalue weighted by molar-refractivity contribution is 0.328. The van der Waals surface area contributed by atoms with Crippen LogP contribution < -0.4 is 10.1 Å². The molecule has 3 aromatic rings. The van der Waals surface area contributed by atoms with Gasteiger partial charge in [-0.2, -0.15) is 0 Å². The van der Waals surface area contributed by atoms with Gasteiger partial charge in [0.2, 0.25) is 0 Å². The summed E-state index contributed by atoms with van der Waals surface area (Å²) in [6.07, 6.45) is 2.13. The van der Waals surface area contributed by atoms with Crippen molar-refractivity contribution in [2.24, 2.45) is 0 Å². The second-order valence-electron chi connectivity index (χ2n) is 7.25. The number of ether oxygens (including phenoxy) is 1. The van der Waals surface area contributed by atoms with Crippen LogP contribution >= 0.6 is 0 Å². The fourth-order valence-electron chi connectivity index (χ4n) is 3.91. The highest BCUT2D eigenvalue weighted by atomic mass is 16.5. The summed E-state index contributed by atoms with van der Waals surface area (Å²) in [5.74, 6) is 1.86. The number of nitrogens with zero attached hydrogens (tertiary/aromatic N) is 2. The Kier molecular flexibility index (Phi) is 7.48. The molecule has 0 saturated carbocycles. The van der Waals surface area contributed by atoms with Crippen LogP contribution in [0.5, 0.6) is 5.75 Å². The van der Waals surface area contributed by atoms with Crippen molar-refractivity contribution in [2.45, 2.75) is 46.2 Å². The zero-order chi connectivity index (χ0) is 20.6. The molecule has 4 heteroatoms. The van der Waals surface area contributed by atoms with E-state index in [-0.39, 0.29) is 0 Å². The zero-order valence-electron chi connectivity index (χ0n) is 18.1. The molecule has 0 spiro atoms. The van der Waals surface area contributed by atoms with Gasteiger partial charge in [0.1, 0.15) is 11.6 Å². The quantitative estimate of drug-likeness (QED) is 0.600. The third kappa shape index (κ3) is 5.27. The van der Waals surface area contributed by atoms with Crippen LogP contribution in [0.15, 0.2) is 54.6 Å². The van der Waals surface area contributed by atoms with Crippen LogP contribution in [-0.2, 0) is 13.0 Å². The van der Waals surface area contributed by atoms with Crippen molar-refractivity contribution in [3.63, 3.8) is 0 Å². The monoisotopic (exact) mass is 391 g/mol. The summed E-state index contributed by atoms with van der Waals surface area (Å²) in [6, 6.07) is 19.5. The van der Waals surface area contributed by atoms with Crippen molar-refractivity contribution in [2.75, 3.05) is 25.5 Å². The summed E-state index contributed by atoms with van der Waals surface area (Å²) < 4.78 is 5.37. The highest BCUT2D eigenvalue weighted by Gasteiger charge is 2.22. The third-order valence-corrected chi connectivity index (χ3v) is 5.36. The lowest BCUT2D eigenvalue weighted by Crippen LogP contribution is -2.26. The Labute approximate surface area is 174 Å². The summed E-state index contributed by atoms with van der Waals surface area (Å²) in [7, 11) is 1.71. The largest absolute Gasteiger partial charge is 0.497 e. The van der Waals surface area contributed by atoms with Crippen molar-refractivity contribution < 1.29 is 4.74 Å². The molecule has 1 atom stereocenters. The minimum absolute atomic E-state index is 0.446. The zero-order valence-corrected chi connectivity index (χ0v) is 18.1. The Morgan fingerprint density at radius 2 is 1.90 bits per heavy atom. The van der Waals surface area contributed by atoms with E-state index < -0.39 is 0 Å². The molecule has 1 N–H and O–H groups in total. The van der Waals surface area contributed by atoms with Gasteiger partial charge in [-0.05, 0) is 48.2 Å². The van der Waals surface area contributed by atoms with E-state index in [1.807, 2.05) is 19.9 Å². The first-order valence-corrected chi connectivity index (χ1v) is 10.8. The third-order valence-electron chi connectivity index (χ3n) is 5.36. The Balaban J connectivity index is 0.00000117. The van der Waals surface area contributed by atoms with E-state index in [1.54, 1.807) is 7.11 Å². The van der Waals surface area contributed by atoms with Gasteiger partial charge in [0.15, 0.2) is 0 Å². The number of pyridine rings is 1. The van der Waals surface area contributed by atoms with Crippen molar-refractivity contribution in [3.8, 4) is 5.75 Å². The molecule has 1 aliphatic rings. The number of aryl methyl sites for hydroxylation is 1. The first-order valence-electron chi connectivity index (χ1n) is 10.8. The molecule has 0 amide bonds. The van der Waals surface area contributed by atoms with Crippen molar-refractivity contribution >= 4 is 16.7 Å². The van der Waals surface area contributed by atoms with E-state index in [9.17, 15) is 0 Å². The molecule has 2 heterocycles. The Morgan fingerprint density at radius 3 is 2.62 bits per heavy atom. The number of anilines is 1. The number of fused-ring (bicyclic) bond motifs is 1. The second-order valence-corrected chi connectivity index (χ2v) is 7.25. The molecule has 4 nitrogen and oxygen atoms in total. The van der Waals surface area contributed by atoms with Gasteiger partial charge in [-0.3, -0.25) is 4.90 Å². The smallest absolute Gasteiger partial charge is 0.127 e. The molecule has 0 radical (unpaired) electrons. The minimum atomic E-state index is 0.446. The van der Waals surface area contributed by atoms with Gasteiger partial charge >= 0.3 is 0 Å². The van der Waals surface area contributed by atoms with E-state index in [1.165, 1.54) is 16.5 Å². The van der Waals surface area contributed by atoms with Crippen LogP contribution in [0.25, 0.3) is 10.9 Å². The molecular weight excluding hydrogens is 358 g/mol. The fourth-order valence-corrected chi connectivity index (χ4v) is 3.91. The number of methoxy groups -OCH3 is 1. The van der Waals surface area contributed by atoms with Crippen molar-refractivity contribution in [1.82, 2.24) is 9.88 Å². The summed E-state index contributed by atoms with van der Waals surface area (Å²) >= 11 is 0. The molecular formula is C25H33N3O. The highest BCUT2D eigenvalue weighted by molar-refractivity contribution is 5.85. The first kappa shape index (κ1) is 21.1. The number of rotatable bonds is 6. The Hall–Kier alpha value is -2.59. The van der Waals surface area contributed by atoms with Gasteiger partial charge in [0.05, 0.1) is 12.6 Å². The summed E-state index contributed by atoms with van der Waals surface area (Å²) in [6.45, 7) is 9.38. The topological polar surface area (TPSA) is 37.4 Å². The van der Waals surface area contributed by atoms with Crippen LogP contribution in [0, 0.1) is 0 Å². The molecule has 0 aliphatic carbocycles. The standard InChI is InChI=1S/C23H27N3O.C2H6/c1-3-18-13-23(25-22-10-9-20(27-2)14-21(18)22)24-19-11-12-26(16-19)15-17-7-5-4-6-8-17;1-2/h4-10,13-14,19H,3,11-12,15-16H2,1-2H3,(H,24,25);1-2H3. The summed E-state index contributed by atoms with van der Waals surface area (Å²) in [5, 5.41) is 4.85. The second kappa shape index (κ2) is 10.3. The first-order chi connectivity index (χ1) is 14.2. The maximum Gasteiger partial charge on any atom is 0.127 e. The van der Waals surface area contributed by atoms with E-state index in [2.05, 4.69) is 65.7 Å². The molecule has 1 saturated heterocycles. The highest BCUT2D eigenvalue weighted by Crippen LogP contribution is 2.26. The molecule has 29 heavy (non-hydrogen) atoms. The van der Waals surface area contributed by atoms with Gasteiger partial charge in [-0.25, -0.2) is 4.98 Å². The van der Waals surface area contributed by atoms with Crippen LogP contribution in [0.1, 0.15) is 38.3 Å². The van der Waals surface area contributed by atoms with Crippen LogP contribution in [-0.4, -0.2) is 36.1 Å². The number of hydrogen-bond acceptors (Lipinski definition) is 4. The van der Waals surface area contributed by atoms with Crippen LogP contribution in [0.4, 0.5) is 5.82 Å². The van der Waals surface area contributed by atoms with Crippen molar-refractivity contribution in [1.29, 1.82) is 0 Å². The van der Waals surface area contributed by atoms with Crippen LogP contribution in [0.2, 0.25) is 0 Å². The molecule has 154 valence electrons. The number of aromatic nitrogens is 1. The normalized spacial score (nSPS) is 16.3. The molecule has 2 aromatic carbocycles. The number of hydrogen-bond donors (Lipinski definition) is 1. The van der Waals surface area contributed by atoms with Gasteiger partial charge < -0.3 is 10.1 Å². The molecule has 0 bridgehead atoms. The summed E-state index contributed by atoms with van der Waals surface area (Å²) in [4.78, 5) is 7.36. The maximum absolute atomic E-state index is 5.37. The van der Waals surface area contributed by atoms with Gasteiger partial charge in [-0.1, -0.05) is 51.1 Å². The Morgan fingerprint density at radius 1 is 1.10 bits per heavy atom.